The SMILES string of the molecule is CC(C)(C)OC(=O)NC(Cc1sccc1F)C(=O)N[C@]1(C(=O)O)CC1c1ccccc1. The fourth-order valence-corrected chi connectivity index (χ4v) is 4.20. The van der Waals surface area contributed by atoms with Gasteiger partial charge in [-0.25, -0.2) is 14.0 Å². The van der Waals surface area contributed by atoms with Crippen LogP contribution < -0.4 is 10.6 Å². The van der Waals surface area contributed by atoms with Gasteiger partial charge in [0.2, 0.25) is 5.91 Å². The molecule has 1 saturated carbocycles. The number of carbonyl (C=O) groups is 3. The Morgan fingerprint density at radius 3 is 2.48 bits per heavy atom. The van der Waals surface area contributed by atoms with Crippen LogP contribution in [-0.4, -0.2) is 40.3 Å². The van der Waals surface area contributed by atoms with Crippen molar-refractivity contribution in [3.8, 4) is 0 Å². The lowest BCUT2D eigenvalue weighted by atomic mass is 10.0. The number of halogens is 1. The van der Waals surface area contributed by atoms with E-state index in [1.54, 1.807) is 45.0 Å². The van der Waals surface area contributed by atoms with Gasteiger partial charge in [0.1, 0.15) is 23.0 Å². The van der Waals surface area contributed by atoms with Gasteiger partial charge in [-0.3, -0.25) is 4.79 Å². The number of carboxylic acid groups (broad SMARTS) is 1. The molecule has 31 heavy (non-hydrogen) atoms. The summed E-state index contributed by atoms with van der Waals surface area (Å²) in [6.45, 7) is 5.03. The van der Waals surface area contributed by atoms with E-state index in [9.17, 15) is 23.9 Å². The molecule has 0 aliphatic heterocycles. The molecule has 166 valence electrons. The molecule has 1 aromatic carbocycles. The normalized spacial score (nSPS) is 21.1. The topological polar surface area (TPSA) is 105 Å². The van der Waals surface area contributed by atoms with E-state index in [2.05, 4.69) is 10.6 Å². The van der Waals surface area contributed by atoms with Crippen molar-refractivity contribution in [3.63, 3.8) is 0 Å². The van der Waals surface area contributed by atoms with Crippen molar-refractivity contribution in [1.29, 1.82) is 0 Å². The van der Waals surface area contributed by atoms with Gasteiger partial charge in [0.25, 0.3) is 0 Å². The molecule has 3 rings (SSSR count). The van der Waals surface area contributed by atoms with E-state index >= 15 is 0 Å². The maximum atomic E-state index is 14.0. The first-order chi connectivity index (χ1) is 14.5. The number of hydrogen-bond donors (Lipinski definition) is 3. The van der Waals surface area contributed by atoms with Crippen LogP contribution in [0.15, 0.2) is 41.8 Å². The van der Waals surface area contributed by atoms with Crippen molar-refractivity contribution in [2.75, 3.05) is 0 Å². The van der Waals surface area contributed by atoms with Gasteiger partial charge >= 0.3 is 12.1 Å². The number of nitrogens with one attached hydrogen (secondary N) is 2. The minimum atomic E-state index is -1.47. The van der Waals surface area contributed by atoms with Gasteiger partial charge in [-0.05, 0) is 44.2 Å². The molecule has 2 amide bonds. The third-order valence-electron chi connectivity index (χ3n) is 4.98. The Labute approximate surface area is 183 Å². The van der Waals surface area contributed by atoms with Crippen LogP contribution in [0.4, 0.5) is 9.18 Å². The number of benzene rings is 1. The van der Waals surface area contributed by atoms with E-state index in [4.69, 9.17) is 4.74 Å². The van der Waals surface area contributed by atoms with Crippen LogP contribution in [0.25, 0.3) is 0 Å². The van der Waals surface area contributed by atoms with Crippen molar-refractivity contribution in [2.24, 2.45) is 0 Å². The monoisotopic (exact) mass is 448 g/mol. The largest absolute Gasteiger partial charge is 0.479 e. The Morgan fingerprint density at radius 1 is 1.26 bits per heavy atom. The van der Waals surface area contributed by atoms with E-state index in [-0.39, 0.29) is 17.7 Å². The van der Waals surface area contributed by atoms with Gasteiger partial charge in [0.15, 0.2) is 0 Å². The molecule has 9 heteroatoms. The molecule has 3 N–H and O–H groups in total. The molecule has 3 atom stereocenters. The van der Waals surface area contributed by atoms with Crippen LogP contribution in [0.3, 0.4) is 0 Å². The molecule has 2 unspecified atom stereocenters. The van der Waals surface area contributed by atoms with Crippen LogP contribution >= 0.6 is 11.3 Å². The summed E-state index contributed by atoms with van der Waals surface area (Å²) < 4.78 is 19.2. The highest BCUT2D eigenvalue weighted by Gasteiger charge is 2.62. The molecule has 1 aliphatic carbocycles. The van der Waals surface area contributed by atoms with Crippen LogP contribution in [0.1, 0.15) is 43.6 Å². The van der Waals surface area contributed by atoms with Gasteiger partial charge in [0.05, 0.1) is 0 Å². The Balaban J connectivity index is 1.79. The van der Waals surface area contributed by atoms with Gasteiger partial charge in [-0.15, -0.1) is 11.3 Å². The first-order valence-corrected chi connectivity index (χ1v) is 10.7. The molecule has 1 heterocycles. The molecule has 0 saturated heterocycles. The van der Waals surface area contributed by atoms with Crippen LogP contribution in [0, 0.1) is 5.82 Å². The molecular weight excluding hydrogens is 423 g/mol. The lowest BCUT2D eigenvalue weighted by Crippen LogP contribution is -2.54. The average Bonchev–Trinajstić information content (AvgIpc) is 3.28. The highest BCUT2D eigenvalue weighted by atomic mass is 32.1. The van der Waals surface area contributed by atoms with Crippen molar-refractivity contribution < 1.29 is 28.6 Å². The first-order valence-electron chi connectivity index (χ1n) is 9.83. The predicted molar refractivity (Wildman–Crippen MR) is 113 cm³/mol. The molecule has 1 aromatic heterocycles. The summed E-state index contributed by atoms with van der Waals surface area (Å²) in [6, 6.07) is 9.11. The number of hydrogen-bond acceptors (Lipinski definition) is 5. The number of carboxylic acids is 1. The second-order valence-electron chi connectivity index (χ2n) is 8.53. The van der Waals surface area contributed by atoms with Crippen LogP contribution in [0.2, 0.25) is 0 Å². The fraction of sp³-hybridized carbons (Fsp3) is 0.409. The number of rotatable bonds is 7. The average molecular weight is 449 g/mol. The summed E-state index contributed by atoms with van der Waals surface area (Å²) >= 11 is 1.11. The summed E-state index contributed by atoms with van der Waals surface area (Å²) in [7, 11) is 0. The number of aliphatic carboxylic acids is 1. The summed E-state index contributed by atoms with van der Waals surface area (Å²) in [5.74, 6) is -2.75. The van der Waals surface area contributed by atoms with E-state index in [1.807, 2.05) is 6.07 Å². The zero-order valence-corrected chi connectivity index (χ0v) is 18.3. The van der Waals surface area contributed by atoms with E-state index in [0.717, 1.165) is 16.9 Å². The lowest BCUT2D eigenvalue weighted by Gasteiger charge is -2.24. The highest BCUT2D eigenvalue weighted by Crippen LogP contribution is 2.51. The molecule has 2 aromatic rings. The molecule has 1 fully saturated rings. The number of thiophene rings is 1. The number of amides is 2. The molecule has 7 nitrogen and oxygen atoms in total. The van der Waals surface area contributed by atoms with E-state index < -0.39 is 46.9 Å². The van der Waals surface area contributed by atoms with Crippen molar-refractivity contribution in [2.45, 2.75) is 56.7 Å². The Morgan fingerprint density at radius 2 is 1.94 bits per heavy atom. The minimum absolute atomic E-state index is 0.125. The van der Waals surface area contributed by atoms with Gasteiger partial charge in [-0.2, -0.15) is 0 Å². The summed E-state index contributed by atoms with van der Waals surface area (Å²) in [4.78, 5) is 37.6. The first kappa shape index (κ1) is 22.7. The van der Waals surface area contributed by atoms with Gasteiger partial charge < -0.3 is 20.5 Å². The second kappa shape index (κ2) is 8.66. The Kier molecular flexibility index (Phi) is 6.35. The quantitative estimate of drug-likeness (QED) is 0.602. The molecular formula is C22H25FN2O5S. The summed E-state index contributed by atoms with van der Waals surface area (Å²) in [5, 5.41) is 16.4. The Bertz CT molecular complexity index is 972. The van der Waals surface area contributed by atoms with Crippen molar-refractivity contribution >= 4 is 29.3 Å². The molecule has 0 bridgehead atoms. The van der Waals surface area contributed by atoms with Crippen molar-refractivity contribution in [1.82, 2.24) is 10.6 Å². The third kappa shape index (κ3) is 5.41. The number of ether oxygens (including phenoxy) is 1. The highest BCUT2D eigenvalue weighted by molar-refractivity contribution is 7.09. The fourth-order valence-electron chi connectivity index (χ4n) is 3.40. The Hall–Kier alpha value is -2.94. The smallest absolute Gasteiger partial charge is 0.408 e. The molecule has 0 spiro atoms. The molecule has 1 aliphatic rings. The number of alkyl carbamates (subject to hydrolysis) is 1. The zero-order chi connectivity index (χ0) is 22.8. The van der Waals surface area contributed by atoms with Crippen molar-refractivity contribution in [3.05, 3.63) is 58.0 Å². The van der Waals surface area contributed by atoms with Gasteiger partial charge in [-0.1, -0.05) is 30.3 Å². The lowest BCUT2D eigenvalue weighted by molar-refractivity contribution is -0.143. The maximum absolute atomic E-state index is 14.0. The third-order valence-corrected chi connectivity index (χ3v) is 5.90. The summed E-state index contributed by atoms with van der Waals surface area (Å²) in [5.41, 5.74) is -1.47. The minimum Gasteiger partial charge on any atom is -0.479 e. The maximum Gasteiger partial charge on any atom is 0.408 e. The van der Waals surface area contributed by atoms with Gasteiger partial charge in [0, 0.05) is 17.2 Å². The standard InChI is InChI=1S/C22H25FN2O5S/c1-21(2,3)30-20(29)24-16(11-17-15(23)9-10-31-17)18(26)25-22(19(27)28)12-14(22)13-7-5-4-6-8-13/h4-10,14,16H,11-12H2,1-3H3,(H,24,29)(H,25,26)(H,27,28)/t14?,16?,22-/m1/s1. The predicted octanol–water partition coefficient (Wildman–Crippen LogP) is 3.45. The number of carbonyl (C=O) groups excluding carboxylic acids is 2. The van der Waals surface area contributed by atoms with Crippen LogP contribution in [0.5, 0.6) is 0 Å². The van der Waals surface area contributed by atoms with E-state index in [0.29, 0.717) is 0 Å². The van der Waals surface area contributed by atoms with Crippen LogP contribution in [-0.2, 0) is 20.7 Å². The molecule has 0 radical (unpaired) electrons. The van der Waals surface area contributed by atoms with E-state index in [1.165, 1.54) is 11.4 Å². The zero-order valence-electron chi connectivity index (χ0n) is 17.5. The summed E-state index contributed by atoms with van der Waals surface area (Å²) in [6.07, 6.45) is -0.741. The second-order valence-corrected chi connectivity index (χ2v) is 9.53.